The summed E-state index contributed by atoms with van der Waals surface area (Å²) >= 11 is 0. The number of aliphatic imine (C=N–C) groups is 1. The molecular weight excluding hydrogens is 536 g/mol. The largest absolute Gasteiger partial charge is 0.376 e. The Labute approximate surface area is 212 Å². The molecule has 1 aromatic carbocycles. The number of halogens is 2. The van der Waals surface area contributed by atoms with E-state index in [4.69, 9.17) is 9.73 Å². The summed E-state index contributed by atoms with van der Waals surface area (Å²) in [5.41, 5.74) is 0.675. The highest BCUT2D eigenvalue weighted by molar-refractivity contribution is 14.0. The molecule has 0 aliphatic carbocycles. The number of nitrogens with one attached hydrogen (secondary N) is 1. The molecule has 1 atom stereocenters. The first kappa shape index (κ1) is 25.7. The SMILES string of the molecule is CCc1nncn1CCNC(=NCC1CCCCO1)N1CCN(c2ccccc2F)CC1.I. The number of rotatable bonds is 7. The number of ether oxygens (including phenoxy) is 1. The van der Waals surface area contributed by atoms with Gasteiger partial charge in [-0.1, -0.05) is 19.1 Å². The van der Waals surface area contributed by atoms with E-state index in [0.717, 1.165) is 76.9 Å². The van der Waals surface area contributed by atoms with Gasteiger partial charge in [-0.25, -0.2) is 4.39 Å². The van der Waals surface area contributed by atoms with Crippen LogP contribution >= 0.6 is 24.0 Å². The third-order valence-corrected chi connectivity index (χ3v) is 6.14. The fourth-order valence-electron chi connectivity index (χ4n) is 4.30. The van der Waals surface area contributed by atoms with Crippen LogP contribution in [-0.4, -0.2) is 77.6 Å². The molecule has 182 valence electrons. The van der Waals surface area contributed by atoms with Crippen molar-refractivity contribution < 1.29 is 9.13 Å². The molecular formula is C23H35FIN7O. The van der Waals surface area contributed by atoms with E-state index in [2.05, 4.69) is 36.8 Å². The molecule has 4 rings (SSSR count). The summed E-state index contributed by atoms with van der Waals surface area (Å²) in [5.74, 6) is 1.72. The Morgan fingerprint density at radius 1 is 1.21 bits per heavy atom. The number of para-hydroxylation sites is 1. The number of hydrogen-bond acceptors (Lipinski definition) is 5. The summed E-state index contributed by atoms with van der Waals surface area (Å²) in [6.07, 6.45) is 6.25. The van der Waals surface area contributed by atoms with Crippen molar-refractivity contribution >= 4 is 35.6 Å². The summed E-state index contributed by atoms with van der Waals surface area (Å²) < 4.78 is 22.1. The van der Waals surface area contributed by atoms with Crippen LogP contribution in [0.5, 0.6) is 0 Å². The zero-order valence-corrected chi connectivity index (χ0v) is 21.7. The first-order valence-electron chi connectivity index (χ1n) is 11.8. The molecule has 0 amide bonds. The minimum absolute atomic E-state index is 0. The Balaban J connectivity index is 0.00000306. The predicted octanol–water partition coefficient (Wildman–Crippen LogP) is 2.93. The molecule has 3 heterocycles. The van der Waals surface area contributed by atoms with Crippen LogP contribution in [0.4, 0.5) is 10.1 Å². The van der Waals surface area contributed by atoms with Crippen molar-refractivity contribution in [2.45, 2.75) is 45.3 Å². The molecule has 10 heteroatoms. The molecule has 0 saturated carbocycles. The predicted molar refractivity (Wildman–Crippen MR) is 139 cm³/mol. The standard InChI is InChI=1S/C23H34FN7O.HI/c1-2-22-28-27-18-31(22)11-10-25-23(26-17-19-7-5-6-16-32-19)30-14-12-29(13-15-30)21-9-4-3-8-20(21)24;/h3-4,8-9,18-19H,2,5-7,10-17H2,1H3,(H,25,26);1H. The number of anilines is 1. The Hall–Kier alpha value is -1.95. The quantitative estimate of drug-likeness (QED) is 0.313. The van der Waals surface area contributed by atoms with Crippen molar-refractivity contribution in [3.8, 4) is 0 Å². The van der Waals surface area contributed by atoms with Gasteiger partial charge >= 0.3 is 0 Å². The van der Waals surface area contributed by atoms with Crippen molar-refractivity contribution in [1.29, 1.82) is 0 Å². The van der Waals surface area contributed by atoms with Crippen molar-refractivity contribution in [3.63, 3.8) is 0 Å². The number of aromatic nitrogens is 3. The Bertz CT molecular complexity index is 879. The lowest BCUT2D eigenvalue weighted by Crippen LogP contribution is -2.53. The third-order valence-electron chi connectivity index (χ3n) is 6.14. The van der Waals surface area contributed by atoms with E-state index in [-0.39, 0.29) is 35.9 Å². The molecule has 33 heavy (non-hydrogen) atoms. The van der Waals surface area contributed by atoms with Gasteiger partial charge in [0.05, 0.1) is 18.3 Å². The maximum atomic E-state index is 14.2. The van der Waals surface area contributed by atoms with E-state index in [1.165, 1.54) is 12.5 Å². The monoisotopic (exact) mass is 571 g/mol. The van der Waals surface area contributed by atoms with Gasteiger partial charge in [0.15, 0.2) is 5.96 Å². The van der Waals surface area contributed by atoms with Crippen LogP contribution < -0.4 is 10.2 Å². The second-order valence-electron chi connectivity index (χ2n) is 8.30. The normalized spacial score (nSPS) is 19.3. The minimum Gasteiger partial charge on any atom is -0.376 e. The first-order chi connectivity index (χ1) is 15.7. The average molecular weight is 571 g/mol. The second-order valence-corrected chi connectivity index (χ2v) is 8.30. The fourth-order valence-corrected chi connectivity index (χ4v) is 4.30. The number of aryl methyl sites for hydroxylation is 1. The summed E-state index contributed by atoms with van der Waals surface area (Å²) in [4.78, 5) is 9.30. The maximum Gasteiger partial charge on any atom is 0.194 e. The van der Waals surface area contributed by atoms with Crippen LogP contribution in [-0.2, 0) is 17.7 Å². The van der Waals surface area contributed by atoms with Gasteiger partial charge in [-0.05, 0) is 31.4 Å². The summed E-state index contributed by atoms with van der Waals surface area (Å²) in [7, 11) is 0. The summed E-state index contributed by atoms with van der Waals surface area (Å²) in [5, 5.41) is 11.7. The van der Waals surface area contributed by atoms with E-state index >= 15 is 0 Å². The molecule has 8 nitrogen and oxygen atoms in total. The van der Waals surface area contributed by atoms with Gasteiger partial charge in [0.25, 0.3) is 0 Å². The average Bonchev–Trinajstić information content (AvgIpc) is 3.30. The highest BCUT2D eigenvalue weighted by atomic mass is 127. The van der Waals surface area contributed by atoms with Gasteiger partial charge < -0.3 is 24.4 Å². The number of benzene rings is 1. The van der Waals surface area contributed by atoms with E-state index < -0.39 is 0 Å². The number of guanidine groups is 1. The molecule has 1 aromatic heterocycles. The zero-order valence-electron chi connectivity index (χ0n) is 19.3. The van der Waals surface area contributed by atoms with Gasteiger partial charge in [0.2, 0.25) is 0 Å². The van der Waals surface area contributed by atoms with E-state index in [0.29, 0.717) is 12.2 Å². The van der Waals surface area contributed by atoms with Crippen LogP contribution in [0.1, 0.15) is 32.0 Å². The lowest BCUT2D eigenvalue weighted by Gasteiger charge is -2.38. The number of hydrogen-bond donors (Lipinski definition) is 1. The van der Waals surface area contributed by atoms with Gasteiger partial charge in [-0.15, -0.1) is 34.2 Å². The summed E-state index contributed by atoms with van der Waals surface area (Å²) in [6.45, 7) is 8.20. The van der Waals surface area contributed by atoms with Crippen molar-refractivity contribution in [2.75, 3.05) is 50.8 Å². The Morgan fingerprint density at radius 3 is 2.76 bits per heavy atom. The highest BCUT2D eigenvalue weighted by Crippen LogP contribution is 2.20. The van der Waals surface area contributed by atoms with Crippen LogP contribution in [0.25, 0.3) is 0 Å². The van der Waals surface area contributed by atoms with Crippen molar-refractivity contribution in [1.82, 2.24) is 25.0 Å². The van der Waals surface area contributed by atoms with Crippen molar-refractivity contribution in [2.24, 2.45) is 4.99 Å². The van der Waals surface area contributed by atoms with Crippen LogP contribution in [0, 0.1) is 5.82 Å². The molecule has 2 aliphatic rings. The van der Waals surface area contributed by atoms with Crippen LogP contribution in [0.2, 0.25) is 0 Å². The zero-order chi connectivity index (χ0) is 22.2. The van der Waals surface area contributed by atoms with E-state index in [9.17, 15) is 4.39 Å². The van der Waals surface area contributed by atoms with E-state index in [1.54, 1.807) is 12.4 Å². The van der Waals surface area contributed by atoms with Gasteiger partial charge in [0, 0.05) is 52.3 Å². The second kappa shape index (κ2) is 13.1. The molecule has 2 aromatic rings. The maximum absolute atomic E-state index is 14.2. The van der Waals surface area contributed by atoms with Crippen LogP contribution in [0.15, 0.2) is 35.6 Å². The molecule has 2 saturated heterocycles. The van der Waals surface area contributed by atoms with Gasteiger partial charge in [-0.3, -0.25) is 4.99 Å². The lowest BCUT2D eigenvalue weighted by atomic mass is 10.1. The number of piperazine rings is 1. The molecule has 0 radical (unpaired) electrons. The van der Waals surface area contributed by atoms with Gasteiger partial charge in [-0.2, -0.15) is 0 Å². The molecule has 2 fully saturated rings. The molecule has 2 aliphatic heterocycles. The Kier molecular flexibility index (Phi) is 10.2. The van der Waals surface area contributed by atoms with E-state index in [1.807, 2.05) is 12.1 Å². The highest BCUT2D eigenvalue weighted by Gasteiger charge is 2.22. The smallest absolute Gasteiger partial charge is 0.194 e. The first-order valence-corrected chi connectivity index (χ1v) is 11.8. The Morgan fingerprint density at radius 2 is 2.03 bits per heavy atom. The molecule has 0 bridgehead atoms. The molecule has 1 N–H and O–H groups in total. The lowest BCUT2D eigenvalue weighted by molar-refractivity contribution is 0.0223. The minimum atomic E-state index is -0.164. The molecule has 1 unspecified atom stereocenters. The fraction of sp³-hybridized carbons (Fsp3) is 0.609. The molecule has 0 spiro atoms. The third kappa shape index (κ3) is 7.02. The van der Waals surface area contributed by atoms with Crippen LogP contribution in [0.3, 0.4) is 0 Å². The van der Waals surface area contributed by atoms with Crippen molar-refractivity contribution in [3.05, 3.63) is 42.2 Å². The number of nitrogens with zero attached hydrogens (tertiary/aromatic N) is 6. The topological polar surface area (TPSA) is 70.8 Å². The summed E-state index contributed by atoms with van der Waals surface area (Å²) in [6, 6.07) is 6.99. The van der Waals surface area contributed by atoms with Gasteiger partial charge in [0.1, 0.15) is 18.0 Å².